The fourth-order valence-corrected chi connectivity index (χ4v) is 7.72. The van der Waals surface area contributed by atoms with Gasteiger partial charge in [0.2, 0.25) is 10.0 Å². The van der Waals surface area contributed by atoms with E-state index in [1.165, 1.54) is 0 Å². The first kappa shape index (κ1) is 22.8. The van der Waals surface area contributed by atoms with Crippen molar-refractivity contribution in [2.45, 2.75) is 87.3 Å². The lowest BCUT2D eigenvalue weighted by atomic mass is 9.64. The number of ketones is 1. The van der Waals surface area contributed by atoms with Crippen LogP contribution in [0.3, 0.4) is 0 Å². The Morgan fingerprint density at radius 1 is 1.03 bits per heavy atom. The molecule has 0 atom stereocenters. The normalized spacial score (nSPS) is 23.8. The summed E-state index contributed by atoms with van der Waals surface area (Å²) in [7, 11) is -1.46. The van der Waals surface area contributed by atoms with Crippen LogP contribution in [0.2, 0.25) is 0 Å². The molecule has 5 rings (SSSR count). The SMILES string of the molecule is CN1CCC(NC(=O)c2cc(NS(=O)(=O)C3CCCCC3)cc3c2CC(=O)C32CCC2)CC1. The Hall–Kier alpha value is -1.93. The molecule has 180 valence electrons. The second-order valence-corrected chi connectivity index (χ2v) is 12.5. The summed E-state index contributed by atoms with van der Waals surface area (Å²) in [5.41, 5.74) is 2.03. The Morgan fingerprint density at radius 2 is 1.73 bits per heavy atom. The molecule has 0 aromatic heterocycles. The van der Waals surface area contributed by atoms with Crippen molar-refractivity contribution in [3.8, 4) is 0 Å². The van der Waals surface area contributed by atoms with Gasteiger partial charge in [-0.05, 0) is 81.9 Å². The fourth-order valence-electron chi connectivity index (χ4n) is 6.15. The first-order valence-corrected chi connectivity index (χ1v) is 14.0. The van der Waals surface area contributed by atoms with Gasteiger partial charge in [-0.25, -0.2) is 8.42 Å². The molecule has 1 heterocycles. The minimum atomic E-state index is -3.54. The molecular formula is C25H35N3O4S. The Morgan fingerprint density at radius 3 is 2.36 bits per heavy atom. The highest BCUT2D eigenvalue weighted by Gasteiger charge is 2.51. The zero-order chi connectivity index (χ0) is 23.2. The van der Waals surface area contributed by atoms with E-state index in [1.807, 2.05) is 6.07 Å². The van der Waals surface area contributed by atoms with Gasteiger partial charge in [0.05, 0.1) is 10.7 Å². The van der Waals surface area contributed by atoms with Gasteiger partial charge in [0.15, 0.2) is 0 Å². The molecule has 1 aliphatic heterocycles. The van der Waals surface area contributed by atoms with Gasteiger partial charge in [0.1, 0.15) is 5.78 Å². The summed E-state index contributed by atoms with van der Waals surface area (Å²) in [6, 6.07) is 3.60. The van der Waals surface area contributed by atoms with Gasteiger partial charge >= 0.3 is 0 Å². The molecule has 3 fully saturated rings. The maximum absolute atomic E-state index is 13.4. The second kappa shape index (κ2) is 8.69. The highest BCUT2D eigenvalue weighted by atomic mass is 32.2. The number of likely N-dealkylation sites (tertiary alicyclic amines) is 1. The van der Waals surface area contributed by atoms with E-state index >= 15 is 0 Å². The lowest BCUT2D eigenvalue weighted by Crippen LogP contribution is -2.43. The average molecular weight is 474 g/mol. The number of rotatable bonds is 5. The fraction of sp³-hybridized carbons (Fsp3) is 0.680. The molecule has 8 heteroatoms. The second-order valence-electron chi connectivity index (χ2n) is 10.5. The van der Waals surface area contributed by atoms with Gasteiger partial charge in [-0.15, -0.1) is 0 Å². The largest absolute Gasteiger partial charge is 0.349 e. The predicted molar refractivity (Wildman–Crippen MR) is 128 cm³/mol. The van der Waals surface area contributed by atoms with Crippen molar-refractivity contribution in [2.24, 2.45) is 0 Å². The van der Waals surface area contributed by atoms with Crippen molar-refractivity contribution in [3.05, 3.63) is 28.8 Å². The quantitative estimate of drug-likeness (QED) is 0.685. The molecule has 1 saturated heterocycles. The van der Waals surface area contributed by atoms with E-state index in [2.05, 4.69) is 22.0 Å². The predicted octanol–water partition coefficient (Wildman–Crippen LogP) is 3.13. The maximum atomic E-state index is 13.4. The summed E-state index contributed by atoms with van der Waals surface area (Å²) in [6.45, 7) is 1.87. The zero-order valence-corrected chi connectivity index (χ0v) is 20.3. The molecule has 33 heavy (non-hydrogen) atoms. The van der Waals surface area contributed by atoms with E-state index in [0.29, 0.717) is 24.1 Å². The molecule has 2 saturated carbocycles. The van der Waals surface area contributed by atoms with E-state index in [-0.39, 0.29) is 24.2 Å². The van der Waals surface area contributed by atoms with Crippen LogP contribution in [0, 0.1) is 0 Å². The molecule has 1 spiro atoms. The monoisotopic (exact) mass is 473 g/mol. The Bertz CT molecular complexity index is 1050. The minimum absolute atomic E-state index is 0.0988. The third-order valence-electron chi connectivity index (χ3n) is 8.39. The van der Waals surface area contributed by atoms with Crippen LogP contribution in [0.1, 0.15) is 85.7 Å². The molecule has 3 aliphatic carbocycles. The van der Waals surface area contributed by atoms with Gasteiger partial charge in [0.25, 0.3) is 5.91 Å². The minimum Gasteiger partial charge on any atom is -0.349 e. The Labute approximate surface area is 196 Å². The summed E-state index contributed by atoms with van der Waals surface area (Å²) in [6.07, 6.45) is 8.88. The van der Waals surface area contributed by atoms with Crippen LogP contribution in [0.15, 0.2) is 12.1 Å². The van der Waals surface area contributed by atoms with Crippen LogP contribution in [0.25, 0.3) is 0 Å². The summed E-state index contributed by atoms with van der Waals surface area (Å²) >= 11 is 0. The molecule has 0 bridgehead atoms. The number of nitrogens with one attached hydrogen (secondary N) is 2. The molecule has 1 amide bonds. The standard InChI is InChI=1S/C25H35N3O4S/c1-28-12-8-17(9-13-28)26-24(30)21-14-18(27-33(31,32)19-6-3-2-4-7-19)15-22-20(21)16-23(29)25(22)10-5-11-25/h14-15,17,19,27H,2-13,16H2,1H3,(H,26,30). The highest BCUT2D eigenvalue weighted by Crippen LogP contribution is 2.52. The van der Waals surface area contributed by atoms with Crippen LogP contribution >= 0.6 is 0 Å². The van der Waals surface area contributed by atoms with Crippen LogP contribution in [0.5, 0.6) is 0 Å². The number of carbonyl (C=O) groups excluding carboxylic acids is 2. The van der Waals surface area contributed by atoms with E-state index < -0.39 is 20.7 Å². The number of nitrogens with zero attached hydrogens (tertiary/aromatic N) is 1. The Balaban J connectivity index is 1.46. The number of fused-ring (bicyclic) bond motifs is 2. The van der Waals surface area contributed by atoms with Crippen molar-refractivity contribution in [2.75, 3.05) is 24.9 Å². The number of benzene rings is 1. The van der Waals surface area contributed by atoms with Crippen LogP contribution in [-0.4, -0.2) is 56.4 Å². The number of hydrogen-bond acceptors (Lipinski definition) is 5. The maximum Gasteiger partial charge on any atom is 0.251 e. The van der Waals surface area contributed by atoms with Gasteiger partial charge < -0.3 is 10.2 Å². The van der Waals surface area contributed by atoms with Crippen molar-refractivity contribution in [1.82, 2.24) is 10.2 Å². The van der Waals surface area contributed by atoms with Crippen LogP contribution in [0.4, 0.5) is 5.69 Å². The van der Waals surface area contributed by atoms with Gasteiger partial charge in [-0.1, -0.05) is 25.7 Å². The summed E-state index contributed by atoms with van der Waals surface area (Å²) in [5.74, 6) is -0.0203. The molecule has 4 aliphatic rings. The van der Waals surface area contributed by atoms with E-state index in [0.717, 1.165) is 75.6 Å². The molecule has 0 radical (unpaired) electrons. The summed E-state index contributed by atoms with van der Waals surface area (Å²) in [4.78, 5) is 28.6. The van der Waals surface area contributed by atoms with Crippen LogP contribution < -0.4 is 10.0 Å². The average Bonchev–Trinajstić information content (AvgIpc) is 3.07. The molecule has 1 aromatic rings. The Kier molecular flexibility index (Phi) is 6.02. The number of carbonyl (C=O) groups is 2. The van der Waals surface area contributed by atoms with Gasteiger partial charge in [-0.3, -0.25) is 14.3 Å². The molecule has 0 unspecified atom stereocenters. The molecular weight excluding hydrogens is 438 g/mol. The lowest BCUT2D eigenvalue weighted by molar-refractivity contribution is -0.125. The molecule has 1 aromatic carbocycles. The number of amides is 1. The third-order valence-corrected chi connectivity index (χ3v) is 10.3. The number of anilines is 1. The number of sulfonamides is 1. The highest BCUT2D eigenvalue weighted by molar-refractivity contribution is 7.93. The smallest absolute Gasteiger partial charge is 0.251 e. The van der Waals surface area contributed by atoms with E-state index in [9.17, 15) is 18.0 Å². The molecule has 2 N–H and O–H groups in total. The number of Topliss-reactive ketones (excluding diaryl/α,β-unsaturated/α-hetero) is 1. The first-order valence-electron chi connectivity index (χ1n) is 12.5. The van der Waals surface area contributed by atoms with Crippen LogP contribution in [-0.2, 0) is 26.7 Å². The zero-order valence-electron chi connectivity index (χ0n) is 19.5. The van der Waals surface area contributed by atoms with Crippen molar-refractivity contribution in [3.63, 3.8) is 0 Å². The third kappa shape index (κ3) is 4.20. The van der Waals surface area contributed by atoms with Crippen molar-refractivity contribution in [1.29, 1.82) is 0 Å². The number of hydrogen-bond donors (Lipinski definition) is 2. The first-order chi connectivity index (χ1) is 15.8. The van der Waals surface area contributed by atoms with Gasteiger partial charge in [0, 0.05) is 23.7 Å². The molecule has 7 nitrogen and oxygen atoms in total. The van der Waals surface area contributed by atoms with Gasteiger partial charge in [-0.2, -0.15) is 0 Å². The van der Waals surface area contributed by atoms with Crippen molar-refractivity contribution >= 4 is 27.4 Å². The number of piperidine rings is 1. The van der Waals surface area contributed by atoms with Crippen molar-refractivity contribution < 1.29 is 18.0 Å². The topological polar surface area (TPSA) is 95.6 Å². The lowest BCUT2D eigenvalue weighted by Gasteiger charge is -2.38. The summed E-state index contributed by atoms with van der Waals surface area (Å²) < 4.78 is 29.0. The van der Waals surface area contributed by atoms with E-state index in [4.69, 9.17) is 0 Å². The summed E-state index contributed by atoms with van der Waals surface area (Å²) in [5, 5.41) is 2.77. The van der Waals surface area contributed by atoms with E-state index in [1.54, 1.807) is 6.07 Å².